The third kappa shape index (κ3) is 2.97. The monoisotopic (exact) mass is 288 g/mol. The molecule has 4 heteroatoms. The van der Waals surface area contributed by atoms with E-state index in [0.29, 0.717) is 12.5 Å². The molecule has 1 aliphatic heterocycles. The molecule has 1 saturated carbocycles. The van der Waals surface area contributed by atoms with E-state index in [1.807, 2.05) is 30.1 Å². The molecule has 1 unspecified atom stereocenters. The van der Waals surface area contributed by atoms with Crippen LogP contribution in [0.2, 0.25) is 0 Å². The summed E-state index contributed by atoms with van der Waals surface area (Å²) in [6, 6.07) is 8.43. The molecule has 0 spiro atoms. The van der Waals surface area contributed by atoms with E-state index in [0.717, 1.165) is 31.5 Å². The second-order valence-corrected chi connectivity index (χ2v) is 6.63. The van der Waals surface area contributed by atoms with Gasteiger partial charge in [0.2, 0.25) is 5.91 Å². The average molecular weight is 288 g/mol. The van der Waals surface area contributed by atoms with Gasteiger partial charge in [-0.15, -0.1) is 0 Å². The van der Waals surface area contributed by atoms with Gasteiger partial charge in [0.25, 0.3) is 0 Å². The molecule has 2 aliphatic rings. The van der Waals surface area contributed by atoms with E-state index in [2.05, 4.69) is 17.9 Å². The number of carbonyl (C=O) groups excluding carboxylic acids is 1. The van der Waals surface area contributed by atoms with Crippen LogP contribution >= 0.6 is 0 Å². The molecule has 1 fully saturated rings. The quantitative estimate of drug-likeness (QED) is 0.916. The summed E-state index contributed by atoms with van der Waals surface area (Å²) in [6.45, 7) is 3.46. The molecule has 1 heterocycles. The molecule has 1 aliphatic carbocycles. The summed E-state index contributed by atoms with van der Waals surface area (Å²) < 4.78 is 0. The zero-order valence-electron chi connectivity index (χ0n) is 12.8. The number of para-hydroxylation sites is 1. The molecule has 3 rings (SSSR count). The largest absolute Gasteiger partial charge is 0.393 e. The van der Waals surface area contributed by atoms with E-state index in [1.54, 1.807) is 0 Å². The van der Waals surface area contributed by atoms with Crippen molar-refractivity contribution in [3.63, 3.8) is 0 Å². The predicted molar refractivity (Wildman–Crippen MR) is 83.3 cm³/mol. The molecule has 1 amide bonds. The molecule has 1 atom stereocenters. The summed E-state index contributed by atoms with van der Waals surface area (Å²) in [5.74, 6) is 0.718. The lowest BCUT2D eigenvalue weighted by atomic mass is 9.82. The minimum absolute atomic E-state index is 0.121. The highest BCUT2D eigenvalue weighted by atomic mass is 16.3. The molecule has 0 radical (unpaired) electrons. The Balaban J connectivity index is 1.60. The maximum Gasteiger partial charge on any atom is 0.241 e. The number of likely N-dealkylation sites (N-methyl/N-ethyl adjacent to an activating group) is 1. The summed E-state index contributed by atoms with van der Waals surface area (Å²) in [7, 11) is 2.00. The van der Waals surface area contributed by atoms with Gasteiger partial charge in [-0.2, -0.15) is 0 Å². The highest BCUT2D eigenvalue weighted by Crippen LogP contribution is 2.32. The smallest absolute Gasteiger partial charge is 0.241 e. The van der Waals surface area contributed by atoms with Gasteiger partial charge in [0.05, 0.1) is 12.6 Å². The standard InChI is InChI=1S/C17H24N2O2/c1-12-7-14-5-3-4-6-16(14)19(12)17(21)11-18(2)10-13-8-15(20)9-13/h3-6,12-13,15,20H,7-11H2,1-2H3. The third-order valence-corrected chi connectivity index (χ3v) is 4.66. The van der Waals surface area contributed by atoms with E-state index >= 15 is 0 Å². The molecular formula is C17H24N2O2. The lowest BCUT2D eigenvalue weighted by molar-refractivity contribution is -0.120. The van der Waals surface area contributed by atoms with Gasteiger partial charge < -0.3 is 10.0 Å². The summed E-state index contributed by atoms with van der Waals surface area (Å²) in [5.41, 5.74) is 2.34. The topological polar surface area (TPSA) is 43.8 Å². The molecule has 4 nitrogen and oxygen atoms in total. The Morgan fingerprint density at radius 2 is 2.10 bits per heavy atom. The van der Waals surface area contributed by atoms with E-state index in [-0.39, 0.29) is 18.1 Å². The van der Waals surface area contributed by atoms with Crippen molar-refractivity contribution in [3.05, 3.63) is 29.8 Å². The molecule has 1 aromatic rings. The molecule has 114 valence electrons. The van der Waals surface area contributed by atoms with Crippen molar-refractivity contribution in [2.75, 3.05) is 25.0 Å². The number of amides is 1. The van der Waals surface area contributed by atoms with E-state index < -0.39 is 0 Å². The highest BCUT2D eigenvalue weighted by Gasteiger charge is 2.32. The molecular weight excluding hydrogens is 264 g/mol. The number of nitrogens with zero attached hydrogens (tertiary/aromatic N) is 2. The van der Waals surface area contributed by atoms with E-state index in [4.69, 9.17) is 0 Å². The first-order valence-electron chi connectivity index (χ1n) is 7.81. The number of rotatable bonds is 4. The Morgan fingerprint density at radius 1 is 1.38 bits per heavy atom. The molecule has 1 N–H and O–H groups in total. The van der Waals surface area contributed by atoms with Crippen LogP contribution in [0.5, 0.6) is 0 Å². The fourth-order valence-corrected chi connectivity index (χ4v) is 3.61. The first kappa shape index (κ1) is 14.5. The summed E-state index contributed by atoms with van der Waals surface area (Å²) in [4.78, 5) is 16.7. The molecule has 0 bridgehead atoms. The second-order valence-electron chi connectivity index (χ2n) is 6.63. The van der Waals surface area contributed by atoms with Crippen LogP contribution < -0.4 is 4.90 Å². The average Bonchev–Trinajstić information content (AvgIpc) is 2.72. The van der Waals surface area contributed by atoms with Crippen LogP contribution in [0.4, 0.5) is 5.69 Å². The SMILES string of the molecule is CC1Cc2ccccc2N1C(=O)CN(C)CC1CC(O)C1. The van der Waals surface area contributed by atoms with Crippen LogP contribution in [-0.4, -0.2) is 48.2 Å². The van der Waals surface area contributed by atoms with Gasteiger partial charge in [-0.3, -0.25) is 9.69 Å². The second kappa shape index (κ2) is 5.78. The van der Waals surface area contributed by atoms with Gasteiger partial charge in [0, 0.05) is 18.3 Å². The van der Waals surface area contributed by atoms with Crippen molar-refractivity contribution in [3.8, 4) is 0 Å². The molecule has 0 saturated heterocycles. The predicted octanol–water partition coefficient (Wildman–Crippen LogP) is 1.67. The van der Waals surface area contributed by atoms with Crippen LogP contribution in [-0.2, 0) is 11.2 Å². The number of hydrogen-bond acceptors (Lipinski definition) is 3. The number of benzene rings is 1. The Kier molecular flexibility index (Phi) is 4.00. The first-order valence-corrected chi connectivity index (χ1v) is 7.81. The number of anilines is 1. The number of hydrogen-bond donors (Lipinski definition) is 1. The van der Waals surface area contributed by atoms with Gasteiger partial charge in [0.1, 0.15) is 0 Å². The van der Waals surface area contributed by atoms with Crippen molar-refractivity contribution < 1.29 is 9.90 Å². The lowest BCUT2D eigenvalue weighted by Crippen LogP contribution is -2.44. The van der Waals surface area contributed by atoms with Crippen LogP contribution in [0.3, 0.4) is 0 Å². The van der Waals surface area contributed by atoms with Gasteiger partial charge in [0.15, 0.2) is 0 Å². The minimum atomic E-state index is -0.121. The van der Waals surface area contributed by atoms with Crippen LogP contribution in [0.15, 0.2) is 24.3 Å². The normalized spacial score (nSPS) is 27.6. The Morgan fingerprint density at radius 3 is 2.81 bits per heavy atom. The van der Waals surface area contributed by atoms with Crippen LogP contribution in [0.1, 0.15) is 25.3 Å². The maximum absolute atomic E-state index is 12.6. The van der Waals surface area contributed by atoms with Gasteiger partial charge in [-0.1, -0.05) is 18.2 Å². The minimum Gasteiger partial charge on any atom is -0.393 e. The lowest BCUT2D eigenvalue weighted by Gasteiger charge is -2.35. The summed E-state index contributed by atoms with van der Waals surface area (Å²) >= 11 is 0. The number of aliphatic hydroxyl groups is 1. The van der Waals surface area contributed by atoms with Crippen LogP contribution in [0.25, 0.3) is 0 Å². The zero-order chi connectivity index (χ0) is 15.0. The molecule has 21 heavy (non-hydrogen) atoms. The summed E-state index contributed by atoms with van der Waals surface area (Å²) in [6.07, 6.45) is 2.58. The molecule has 1 aromatic carbocycles. The van der Waals surface area contributed by atoms with Crippen molar-refractivity contribution in [2.45, 2.75) is 38.3 Å². The zero-order valence-corrected chi connectivity index (χ0v) is 12.8. The van der Waals surface area contributed by atoms with E-state index in [1.165, 1.54) is 5.56 Å². The summed E-state index contributed by atoms with van der Waals surface area (Å²) in [5, 5.41) is 9.34. The Bertz CT molecular complexity index is 525. The Hall–Kier alpha value is -1.39. The maximum atomic E-state index is 12.6. The molecule has 0 aromatic heterocycles. The number of fused-ring (bicyclic) bond motifs is 1. The van der Waals surface area contributed by atoms with E-state index in [9.17, 15) is 9.90 Å². The fraction of sp³-hybridized carbons (Fsp3) is 0.588. The number of aliphatic hydroxyl groups excluding tert-OH is 1. The van der Waals surface area contributed by atoms with Crippen molar-refractivity contribution in [1.29, 1.82) is 0 Å². The number of carbonyl (C=O) groups is 1. The van der Waals surface area contributed by atoms with Crippen LogP contribution in [0, 0.1) is 5.92 Å². The Labute approximate surface area is 126 Å². The van der Waals surface area contributed by atoms with Crippen molar-refractivity contribution >= 4 is 11.6 Å². The van der Waals surface area contributed by atoms with Crippen molar-refractivity contribution in [2.24, 2.45) is 5.92 Å². The van der Waals surface area contributed by atoms with Crippen molar-refractivity contribution in [1.82, 2.24) is 4.90 Å². The van der Waals surface area contributed by atoms with Gasteiger partial charge in [-0.25, -0.2) is 0 Å². The fourth-order valence-electron chi connectivity index (χ4n) is 3.61. The first-order chi connectivity index (χ1) is 10.0. The van der Waals surface area contributed by atoms with Gasteiger partial charge in [-0.05, 0) is 50.8 Å². The third-order valence-electron chi connectivity index (χ3n) is 4.66. The highest BCUT2D eigenvalue weighted by molar-refractivity contribution is 5.97. The van der Waals surface area contributed by atoms with Gasteiger partial charge >= 0.3 is 0 Å².